The highest BCUT2D eigenvalue weighted by Crippen LogP contribution is 2.23. The van der Waals surface area contributed by atoms with Gasteiger partial charge in [-0.1, -0.05) is 0 Å². The maximum absolute atomic E-state index is 5.71. The van der Waals surface area contributed by atoms with Crippen LogP contribution < -0.4 is 4.90 Å². The number of nitrogens with zero attached hydrogens (tertiary/aromatic N) is 2. The summed E-state index contributed by atoms with van der Waals surface area (Å²) in [6.45, 7) is 4.73. The zero-order valence-electron chi connectivity index (χ0n) is 8.07. The fourth-order valence-corrected chi connectivity index (χ4v) is 2.59. The summed E-state index contributed by atoms with van der Waals surface area (Å²) in [6.07, 6.45) is 0.298. The summed E-state index contributed by atoms with van der Waals surface area (Å²) in [5.41, 5.74) is 0.964. The quantitative estimate of drug-likeness (QED) is 0.731. The lowest BCUT2D eigenvalue weighted by atomic mass is 10.3. The molecule has 3 nitrogen and oxygen atoms in total. The Morgan fingerprint density at radius 1 is 1.79 bits per heavy atom. The minimum Gasteiger partial charge on any atom is -0.375 e. The molecule has 1 aromatic heterocycles. The number of aromatic nitrogens is 1. The Kier molecular flexibility index (Phi) is 3.26. The number of anilines is 1. The maximum Gasteiger partial charge on any atom is 0.185 e. The summed E-state index contributed by atoms with van der Waals surface area (Å²) in [6, 6.07) is 0. The van der Waals surface area contributed by atoms with Gasteiger partial charge in [-0.2, -0.15) is 0 Å². The molecule has 0 amide bonds. The minimum atomic E-state index is 0.298. The average Bonchev–Trinajstić information content (AvgIpc) is 2.66. The van der Waals surface area contributed by atoms with Crippen molar-refractivity contribution in [2.24, 2.45) is 0 Å². The van der Waals surface area contributed by atoms with Gasteiger partial charge in [-0.15, -0.1) is 22.9 Å². The Morgan fingerprint density at radius 2 is 2.64 bits per heavy atom. The third-order valence-corrected chi connectivity index (χ3v) is 3.41. The van der Waals surface area contributed by atoms with Gasteiger partial charge in [-0.3, -0.25) is 0 Å². The van der Waals surface area contributed by atoms with Gasteiger partial charge in [0.1, 0.15) is 0 Å². The van der Waals surface area contributed by atoms with Crippen molar-refractivity contribution < 1.29 is 4.74 Å². The van der Waals surface area contributed by atoms with Crippen LogP contribution in [-0.2, 0) is 10.6 Å². The predicted octanol–water partition coefficient (Wildman–Crippen LogP) is 2.11. The number of halogens is 1. The lowest BCUT2D eigenvalue weighted by molar-refractivity contribution is 0.0532. The van der Waals surface area contributed by atoms with Gasteiger partial charge < -0.3 is 9.64 Å². The van der Waals surface area contributed by atoms with Crippen molar-refractivity contribution in [2.45, 2.75) is 18.9 Å². The van der Waals surface area contributed by atoms with Crippen molar-refractivity contribution in [3.8, 4) is 0 Å². The number of ether oxygens (including phenoxy) is 1. The molecule has 0 saturated carbocycles. The van der Waals surface area contributed by atoms with Gasteiger partial charge in [0, 0.05) is 18.5 Å². The molecule has 5 heteroatoms. The second-order valence-corrected chi connectivity index (χ2v) is 4.49. The van der Waals surface area contributed by atoms with Crippen LogP contribution in [0.3, 0.4) is 0 Å². The fraction of sp³-hybridized carbons (Fsp3) is 0.667. The predicted molar refractivity (Wildman–Crippen MR) is 59.3 cm³/mol. The van der Waals surface area contributed by atoms with E-state index in [1.807, 2.05) is 5.38 Å². The Bertz CT molecular complexity index is 305. The van der Waals surface area contributed by atoms with Crippen LogP contribution in [0.2, 0.25) is 0 Å². The van der Waals surface area contributed by atoms with E-state index in [0.717, 1.165) is 30.5 Å². The summed E-state index contributed by atoms with van der Waals surface area (Å²) in [5, 5.41) is 3.08. The summed E-state index contributed by atoms with van der Waals surface area (Å²) in [4.78, 5) is 6.70. The number of morpholine rings is 1. The summed E-state index contributed by atoms with van der Waals surface area (Å²) >= 11 is 7.37. The molecule has 0 radical (unpaired) electrons. The van der Waals surface area contributed by atoms with Crippen molar-refractivity contribution in [3.05, 3.63) is 11.1 Å². The molecule has 1 unspecified atom stereocenters. The monoisotopic (exact) mass is 232 g/mol. The molecule has 1 saturated heterocycles. The van der Waals surface area contributed by atoms with Gasteiger partial charge in [0.05, 0.1) is 24.3 Å². The molecular formula is C9H13ClN2OS. The molecule has 2 heterocycles. The van der Waals surface area contributed by atoms with Gasteiger partial charge in [0.2, 0.25) is 0 Å². The second kappa shape index (κ2) is 4.47. The highest BCUT2D eigenvalue weighted by Gasteiger charge is 2.19. The molecule has 1 fully saturated rings. The molecule has 1 aliphatic heterocycles. The Labute approximate surface area is 92.7 Å². The third-order valence-electron chi connectivity index (χ3n) is 2.19. The van der Waals surface area contributed by atoms with E-state index in [-0.39, 0.29) is 0 Å². The molecule has 0 N–H and O–H groups in total. The van der Waals surface area contributed by atoms with Gasteiger partial charge in [0.25, 0.3) is 0 Å². The number of rotatable bonds is 2. The number of hydrogen-bond acceptors (Lipinski definition) is 4. The molecule has 0 aromatic carbocycles. The van der Waals surface area contributed by atoms with Gasteiger partial charge >= 0.3 is 0 Å². The van der Waals surface area contributed by atoms with E-state index in [2.05, 4.69) is 16.8 Å². The molecular weight excluding hydrogens is 220 g/mol. The van der Waals surface area contributed by atoms with Crippen LogP contribution in [0.1, 0.15) is 12.6 Å². The van der Waals surface area contributed by atoms with Crippen LogP contribution in [-0.4, -0.2) is 30.8 Å². The van der Waals surface area contributed by atoms with Crippen molar-refractivity contribution in [2.75, 3.05) is 24.6 Å². The van der Waals surface area contributed by atoms with Crippen molar-refractivity contribution >= 4 is 28.1 Å². The summed E-state index contributed by atoms with van der Waals surface area (Å²) in [5.74, 6) is 0.496. The van der Waals surface area contributed by atoms with Crippen LogP contribution in [0.15, 0.2) is 5.38 Å². The lowest BCUT2D eigenvalue weighted by Crippen LogP contribution is -2.41. The molecule has 78 valence electrons. The first-order valence-electron chi connectivity index (χ1n) is 4.66. The first kappa shape index (κ1) is 10.2. The van der Waals surface area contributed by atoms with Crippen LogP contribution in [0.5, 0.6) is 0 Å². The minimum absolute atomic E-state index is 0.298. The topological polar surface area (TPSA) is 25.4 Å². The second-order valence-electron chi connectivity index (χ2n) is 3.38. The number of alkyl halides is 1. The van der Waals surface area contributed by atoms with Crippen LogP contribution >= 0.6 is 22.9 Å². The van der Waals surface area contributed by atoms with Gasteiger partial charge in [0.15, 0.2) is 5.13 Å². The first-order chi connectivity index (χ1) is 6.79. The zero-order valence-corrected chi connectivity index (χ0v) is 9.64. The van der Waals surface area contributed by atoms with Crippen molar-refractivity contribution in [1.29, 1.82) is 0 Å². The SMILES string of the molecule is CC1CN(c2nc(CCl)cs2)CCO1. The van der Waals surface area contributed by atoms with E-state index in [0.29, 0.717) is 12.0 Å². The molecule has 2 rings (SSSR count). The standard InChI is InChI=1S/C9H13ClN2OS/c1-7-5-12(2-3-13-7)9-11-8(4-10)6-14-9/h6-7H,2-5H2,1H3. The van der Waals surface area contributed by atoms with Crippen LogP contribution in [0, 0.1) is 0 Å². The van der Waals surface area contributed by atoms with Gasteiger partial charge in [-0.25, -0.2) is 4.98 Å². The van der Waals surface area contributed by atoms with Crippen molar-refractivity contribution in [3.63, 3.8) is 0 Å². The van der Waals surface area contributed by atoms with Crippen molar-refractivity contribution in [1.82, 2.24) is 4.98 Å². The van der Waals surface area contributed by atoms with E-state index in [4.69, 9.17) is 16.3 Å². The summed E-state index contributed by atoms with van der Waals surface area (Å²) < 4.78 is 5.47. The zero-order chi connectivity index (χ0) is 9.97. The Hall–Kier alpha value is -0.320. The third kappa shape index (κ3) is 2.19. The van der Waals surface area contributed by atoms with Crippen LogP contribution in [0.25, 0.3) is 0 Å². The molecule has 0 spiro atoms. The molecule has 1 aliphatic rings. The molecule has 1 aromatic rings. The first-order valence-corrected chi connectivity index (χ1v) is 6.08. The number of hydrogen-bond donors (Lipinski definition) is 0. The number of thiazole rings is 1. The van der Waals surface area contributed by atoms with Crippen LogP contribution in [0.4, 0.5) is 5.13 Å². The van der Waals surface area contributed by atoms with E-state index in [9.17, 15) is 0 Å². The molecule has 0 aliphatic carbocycles. The summed E-state index contributed by atoms with van der Waals surface area (Å²) in [7, 11) is 0. The maximum atomic E-state index is 5.71. The fourth-order valence-electron chi connectivity index (χ4n) is 1.50. The Balaban J connectivity index is 2.06. The van der Waals surface area contributed by atoms with Gasteiger partial charge in [-0.05, 0) is 6.92 Å². The van der Waals surface area contributed by atoms with E-state index in [1.54, 1.807) is 11.3 Å². The van der Waals surface area contributed by atoms with E-state index in [1.165, 1.54) is 0 Å². The average molecular weight is 233 g/mol. The highest BCUT2D eigenvalue weighted by molar-refractivity contribution is 7.13. The molecule has 0 bridgehead atoms. The normalized spacial score (nSPS) is 22.7. The van der Waals surface area contributed by atoms with E-state index >= 15 is 0 Å². The van der Waals surface area contributed by atoms with E-state index < -0.39 is 0 Å². The molecule has 1 atom stereocenters. The molecule has 14 heavy (non-hydrogen) atoms. The lowest BCUT2D eigenvalue weighted by Gasteiger charge is -2.30. The smallest absolute Gasteiger partial charge is 0.185 e. The highest BCUT2D eigenvalue weighted by atomic mass is 35.5. The Morgan fingerprint density at radius 3 is 3.29 bits per heavy atom. The largest absolute Gasteiger partial charge is 0.375 e.